The molecular weight excluding hydrogens is 239 g/mol. The quantitative estimate of drug-likeness (QED) is 0.900. The fraction of sp³-hybridized carbons (Fsp3) is 0.312. The van der Waals surface area contributed by atoms with Crippen molar-refractivity contribution in [1.82, 2.24) is 10.3 Å². The van der Waals surface area contributed by atoms with E-state index in [1.165, 1.54) is 6.07 Å². The Bertz CT molecular complexity index is 566. The van der Waals surface area contributed by atoms with E-state index in [1.54, 1.807) is 6.20 Å². The maximum Gasteiger partial charge on any atom is 0.131 e. The van der Waals surface area contributed by atoms with Gasteiger partial charge in [-0.05, 0) is 55.8 Å². The van der Waals surface area contributed by atoms with E-state index in [4.69, 9.17) is 0 Å². The van der Waals surface area contributed by atoms with Gasteiger partial charge in [0.15, 0.2) is 0 Å². The Kier molecular flexibility index (Phi) is 4.27. The van der Waals surface area contributed by atoms with Crippen LogP contribution in [0.5, 0.6) is 0 Å². The molecule has 1 N–H and O–H groups in total. The Hall–Kier alpha value is -1.74. The third-order valence-corrected chi connectivity index (χ3v) is 3.21. The van der Waals surface area contributed by atoms with Gasteiger partial charge in [0.1, 0.15) is 5.82 Å². The van der Waals surface area contributed by atoms with Crippen LogP contribution in [0.3, 0.4) is 0 Å². The summed E-state index contributed by atoms with van der Waals surface area (Å²) in [5, 5.41) is 3.34. The molecule has 1 aromatic heterocycles. The van der Waals surface area contributed by atoms with Gasteiger partial charge in [-0.1, -0.05) is 13.0 Å². The number of hydrogen-bond donors (Lipinski definition) is 1. The molecule has 0 aliphatic rings. The van der Waals surface area contributed by atoms with Crippen LogP contribution in [0.1, 0.15) is 31.1 Å². The molecule has 100 valence electrons. The van der Waals surface area contributed by atoms with Crippen LogP contribution < -0.4 is 5.32 Å². The van der Waals surface area contributed by atoms with Crippen LogP contribution >= 0.6 is 0 Å². The van der Waals surface area contributed by atoms with Gasteiger partial charge in [-0.2, -0.15) is 0 Å². The topological polar surface area (TPSA) is 24.9 Å². The SMILES string of the molecule is CCNC(C)c1ccc(F)c(-c2ccnc(C)c2)c1. The molecule has 1 atom stereocenters. The molecule has 0 radical (unpaired) electrons. The van der Waals surface area contributed by atoms with Gasteiger partial charge >= 0.3 is 0 Å². The minimum absolute atomic E-state index is 0.196. The van der Waals surface area contributed by atoms with E-state index in [0.29, 0.717) is 5.56 Å². The van der Waals surface area contributed by atoms with Gasteiger partial charge in [-0.15, -0.1) is 0 Å². The van der Waals surface area contributed by atoms with Crippen LogP contribution in [-0.2, 0) is 0 Å². The predicted molar refractivity (Wildman–Crippen MR) is 76.5 cm³/mol. The fourth-order valence-corrected chi connectivity index (χ4v) is 2.17. The monoisotopic (exact) mass is 258 g/mol. The molecule has 1 aromatic carbocycles. The lowest BCUT2D eigenvalue weighted by molar-refractivity contribution is 0.593. The highest BCUT2D eigenvalue weighted by Gasteiger charge is 2.10. The second kappa shape index (κ2) is 5.93. The summed E-state index contributed by atoms with van der Waals surface area (Å²) in [7, 11) is 0. The third kappa shape index (κ3) is 3.18. The summed E-state index contributed by atoms with van der Waals surface area (Å²) in [6, 6.07) is 9.24. The van der Waals surface area contributed by atoms with Crippen molar-refractivity contribution in [2.45, 2.75) is 26.8 Å². The molecule has 1 heterocycles. The molecule has 0 bridgehead atoms. The number of rotatable bonds is 4. The maximum atomic E-state index is 14.0. The molecule has 1 unspecified atom stereocenters. The first-order valence-electron chi connectivity index (χ1n) is 6.57. The average molecular weight is 258 g/mol. The summed E-state index contributed by atoms with van der Waals surface area (Å²) < 4.78 is 14.0. The number of aryl methyl sites for hydroxylation is 1. The Labute approximate surface area is 113 Å². The molecule has 0 spiro atoms. The second-order valence-corrected chi connectivity index (χ2v) is 4.70. The van der Waals surface area contributed by atoms with Crippen LogP contribution in [0.25, 0.3) is 11.1 Å². The molecule has 2 aromatic rings. The number of halogens is 1. The average Bonchev–Trinajstić information content (AvgIpc) is 2.39. The van der Waals surface area contributed by atoms with Crippen LogP contribution in [0.4, 0.5) is 4.39 Å². The first kappa shape index (κ1) is 13.7. The van der Waals surface area contributed by atoms with Gasteiger partial charge in [-0.3, -0.25) is 4.98 Å². The van der Waals surface area contributed by atoms with E-state index in [1.807, 2.05) is 31.2 Å². The first-order chi connectivity index (χ1) is 9.11. The van der Waals surface area contributed by atoms with Crippen molar-refractivity contribution in [2.75, 3.05) is 6.54 Å². The zero-order valence-electron chi connectivity index (χ0n) is 11.6. The highest BCUT2D eigenvalue weighted by Crippen LogP contribution is 2.26. The van der Waals surface area contributed by atoms with E-state index < -0.39 is 0 Å². The van der Waals surface area contributed by atoms with Crippen molar-refractivity contribution in [3.8, 4) is 11.1 Å². The third-order valence-electron chi connectivity index (χ3n) is 3.21. The number of nitrogens with one attached hydrogen (secondary N) is 1. The largest absolute Gasteiger partial charge is 0.310 e. The number of aromatic nitrogens is 1. The van der Waals surface area contributed by atoms with E-state index in [9.17, 15) is 4.39 Å². The van der Waals surface area contributed by atoms with E-state index >= 15 is 0 Å². The van der Waals surface area contributed by atoms with Crippen LogP contribution in [0.15, 0.2) is 36.5 Å². The van der Waals surface area contributed by atoms with Gasteiger partial charge in [0.25, 0.3) is 0 Å². The summed E-state index contributed by atoms with van der Waals surface area (Å²) in [5.41, 5.74) is 3.48. The molecule has 0 aliphatic carbocycles. The van der Waals surface area contributed by atoms with Crippen molar-refractivity contribution in [3.05, 3.63) is 53.6 Å². The maximum absolute atomic E-state index is 14.0. The molecule has 0 aliphatic heterocycles. The van der Waals surface area contributed by atoms with Crippen molar-refractivity contribution < 1.29 is 4.39 Å². The van der Waals surface area contributed by atoms with Crippen molar-refractivity contribution in [1.29, 1.82) is 0 Å². The molecule has 2 rings (SSSR count). The van der Waals surface area contributed by atoms with E-state index in [0.717, 1.165) is 23.4 Å². The van der Waals surface area contributed by atoms with Crippen molar-refractivity contribution in [3.63, 3.8) is 0 Å². The molecule has 0 saturated heterocycles. The zero-order valence-corrected chi connectivity index (χ0v) is 11.6. The molecule has 2 nitrogen and oxygen atoms in total. The normalized spacial score (nSPS) is 12.4. The summed E-state index contributed by atoms with van der Waals surface area (Å²) in [5.74, 6) is -0.196. The molecule has 19 heavy (non-hydrogen) atoms. The Morgan fingerprint density at radius 3 is 2.74 bits per heavy atom. The van der Waals surface area contributed by atoms with Crippen LogP contribution in [0.2, 0.25) is 0 Å². The highest BCUT2D eigenvalue weighted by atomic mass is 19.1. The van der Waals surface area contributed by atoms with E-state index in [2.05, 4.69) is 24.1 Å². The lowest BCUT2D eigenvalue weighted by atomic mass is 9.99. The summed E-state index contributed by atoms with van der Waals surface area (Å²) >= 11 is 0. The van der Waals surface area contributed by atoms with Crippen LogP contribution in [-0.4, -0.2) is 11.5 Å². The number of hydrogen-bond acceptors (Lipinski definition) is 2. The van der Waals surface area contributed by atoms with Crippen LogP contribution in [0, 0.1) is 12.7 Å². The smallest absolute Gasteiger partial charge is 0.131 e. The van der Waals surface area contributed by atoms with E-state index in [-0.39, 0.29) is 11.9 Å². The van der Waals surface area contributed by atoms with Gasteiger partial charge in [0, 0.05) is 23.5 Å². The van der Waals surface area contributed by atoms with Gasteiger partial charge in [-0.25, -0.2) is 4.39 Å². The fourth-order valence-electron chi connectivity index (χ4n) is 2.17. The molecule has 0 saturated carbocycles. The lowest BCUT2D eigenvalue weighted by Gasteiger charge is -2.14. The Morgan fingerprint density at radius 1 is 1.26 bits per heavy atom. The standard InChI is InChI=1S/C16H19FN2/c1-4-18-12(3)13-5-6-16(17)15(10-13)14-7-8-19-11(2)9-14/h5-10,12,18H,4H2,1-3H3. The minimum Gasteiger partial charge on any atom is -0.310 e. The zero-order chi connectivity index (χ0) is 13.8. The van der Waals surface area contributed by atoms with Gasteiger partial charge < -0.3 is 5.32 Å². The van der Waals surface area contributed by atoms with Crippen molar-refractivity contribution in [2.24, 2.45) is 0 Å². The van der Waals surface area contributed by atoms with Gasteiger partial charge in [0.05, 0.1) is 0 Å². The summed E-state index contributed by atoms with van der Waals surface area (Å²) in [6.45, 7) is 6.94. The molecule has 3 heteroatoms. The highest BCUT2D eigenvalue weighted by molar-refractivity contribution is 5.65. The summed E-state index contributed by atoms with van der Waals surface area (Å²) in [4.78, 5) is 4.15. The second-order valence-electron chi connectivity index (χ2n) is 4.70. The lowest BCUT2D eigenvalue weighted by Crippen LogP contribution is -2.17. The Morgan fingerprint density at radius 2 is 2.05 bits per heavy atom. The number of pyridine rings is 1. The molecular formula is C16H19FN2. The first-order valence-corrected chi connectivity index (χ1v) is 6.57. The number of benzene rings is 1. The van der Waals surface area contributed by atoms with Gasteiger partial charge in [0.2, 0.25) is 0 Å². The van der Waals surface area contributed by atoms with Crippen molar-refractivity contribution >= 4 is 0 Å². The number of nitrogens with zero attached hydrogens (tertiary/aromatic N) is 1. The molecule has 0 amide bonds. The molecule has 0 fully saturated rings. The Balaban J connectivity index is 2.42. The summed E-state index contributed by atoms with van der Waals surface area (Å²) in [6.07, 6.45) is 1.71. The minimum atomic E-state index is -0.196. The predicted octanol–water partition coefficient (Wildman–Crippen LogP) is 3.87.